The number of nitrogens with two attached hydrogens (primary N) is 1. The Morgan fingerprint density at radius 2 is 2.19 bits per heavy atom. The SMILES string of the molecule is COc1cc(NC(C)(CN)C(C)C)ncn1. The molecule has 0 radical (unpaired) electrons. The van der Waals surface area contributed by atoms with Gasteiger partial charge in [0.05, 0.1) is 12.6 Å². The lowest BCUT2D eigenvalue weighted by Gasteiger charge is -2.34. The minimum Gasteiger partial charge on any atom is -0.481 e. The molecule has 1 heterocycles. The standard InChI is InChI=1S/C11H20N4O/c1-8(2)11(3,6-12)15-9-5-10(16-4)14-7-13-9/h5,7-8H,6,12H2,1-4H3,(H,13,14,15). The molecule has 0 aliphatic rings. The molecule has 0 spiro atoms. The average Bonchev–Trinajstić information content (AvgIpc) is 2.29. The number of hydrogen-bond acceptors (Lipinski definition) is 5. The Bertz CT molecular complexity index is 343. The highest BCUT2D eigenvalue weighted by Gasteiger charge is 2.26. The molecule has 0 saturated carbocycles. The van der Waals surface area contributed by atoms with Crippen LogP contribution in [0.3, 0.4) is 0 Å². The predicted molar refractivity (Wildman–Crippen MR) is 64.5 cm³/mol. The van der Waals surface area contributed by atoms with Crippen molar-refractivity contribution in [2.75, 3.05) is 19.0 Å². The van der Waals surface area contributed by atoms with Gasteiger partial charge in [-0.15, -0.1) is 0 Å². The second kappa shape index (κ2) is 5.12. The smallest absolute Gasteiger partial charge is 0.218 e. The highest BCUT2D eigenvalue weighted by Crippen LogP contribution is 2.21. The molecule has 0 saturated heterocycles. The van der Waals surface area contributed by atoms with Crippen molar-refractivity contribution in [1.82, 2.24) is 9.97 Å². The van der Waals surface area contributed by atoms with Crippen molar-refractivity contribution in [3.05, 3.63) is 12.4 Å². The summed E-state index contributed by atoms with van der Waals surface area (Å²) >= 11 is 0. The van der Waals surface area contributed by atoms with Gasteiger partial charge in [0.1, 0.15) is 12.1 Å². The van der Waals surface area contributed by atoms with Crippen molar-refractivity contribution in [2.45, 2.75) is 26.3 Å². The third kappa shape index (κ3) is 2.82. The number of anilines is 1. The summed E-state index contributed by atoms with van der Waals surface area (Å²) in [5.41, 5.74) is 5.61. The van der Waals surface area contributed by atoms with E-state index in [0.717, 1.165) is 5.82 Å². The van der Waals surface area contributed by atoms with Crippen molar-refractivity contribution in [1.29, 1.82) is 0 Å². The third-order valence-electron chi connectivity index (χ3n) is 2.96. The lowest BCUT2D eigenvalue weighted by molar-refractivity contribution is 0.378. The van der Waals surface area contributed by atoms with Crippen LogP contribution in [0, 0.1) is 5.92 Å². The van der Waals surface area contributed by atoms with E-state index in [1.807, 2.05) is 0 Å². The Labute approximate surface area is 96.4 Å². The number of ether oxygens (including phenoxy) is 1. The second-order valence-electron chi connectivity index (χ2n) is 4.35. The van der Waals surface area contributed by atoms with Gasteiger partial charge < -0.3 is 15.8 Å². The first-order valence-electron chi connectivity index (χ1n) is 5.36. The van der Waals surface area contributed by atoms with E-state index in [2.05, 4.69) is 36.1 Å². The zero-order valence-electron chi connectivity index (χ0n) is 10.3. The van der Waals surface area contributed by atoms with E-state index in [-0.39, 0.29) is 5.54 Å². The van der Waals surface area contributed by atoms with Gasteiger partial charge in [-0.25, -0.2) is 9.97 Å². The highest BCUT2D eigenvalue weighted by molar-refractivity contribution is 5.40. The van der Waals surface area contributed by atoms with E-state index in [1.54, 1.807) is 13.2 Å². The summed E-state index contributed by atoms with van der Waals surface area (Å²) in [6.45, 7) is 6.86. The van der Waals surface area contributed by atoms with Crippen LogP contribution in [0.5, 0.6) is 5.88 Å². The van der Waals surface area contributed by atoms with Crippen LogP contribution >= 0.6 is 0 Å². The average molecular weight is 224 g/mol. The number of hydrogen-bond donors (Lipinski definition) is 2. The zero-order chi connectivity index (χ0) is 12.2. The van der Waals surface area contributed by atoms with Crippen LogP contribution in [0.1, 0.15) is 20.8 Å². The van der Waals surface area contributed by atoms with Crippen molar-refractivity contribution in [3.8, 4) is 5.88 Å². The van der Waals surface area contributed by atoms with Gasteiger partial charge in [0, 0.05) is 12.6 Å². The summed E-state index contributed by atoms with van der Waals surface area (Å²) < 4.78 is 5.04. The molecular weight excluding hydrogens is 204 g/mol. The van der Waals surface area contributed by atoms with E-state index in [0.29, 0.717) is 18.3 Å². The lowest BCUT2D eigenvalue weighted by Crippen LogP contribution is -2.47. The molecule has 0 aromatic carbocycles. The van der Waals surface area contributed by atoms with Gasteiger partial charge in [-0.1, -0.05) is 13.8 Å². The topological polar surface area (TPSA) is 73.1 Å². The quantitative estimate of drug-likeness (QED) is 0.788. The number of nitrogens with zero attached hydrogens (tertiary/aromatic N) is 2. The molecule has 0 bridgehead atoms. The maximum absolute atomic E-state index is 5.79. The van der Waals surface area contributed by atoms with Crippen LogP contribution < -0.4 is 15.8 Å². The summed E-state index contributed by atoms with van der Waals surface area (Å²) in [7, 11) is 1.58. The maximum atomic E-state index is 5.79. The Balaban J connectivity index is 2.85. The maximum Gasteiger partial charge on any atom is 0.218 e. The third-order valence-corrected chi connectivity index (χ3v) is 2.96. The van der Waals surface area contributed by atoms with Crippen LogP contribution in [-0.2, 0) is 0 Å². The van der Waals surface area contributed by atoms with Gasteiger partial charge in [0.15, 0.2) is 0 Å². The molecule has 1 atom stereocenters. The van der Waals surface area contributed by atoms with Crippen molar-refractivity contribution >= 4 is 5.82 Å². The molecule has 5 nitrogen and oxygen atoms in total. The molecule has 3 N–H and O–H groups in total. The van der Waals surface area contributed by atoms with Gasteiger partial charge in [0.2, 0.25) is 5.88 Å². The van der Waals surface area contributed by atoms with Crippen LogP contribution in [0.15, 0.2) is 12.4 Å². The van der Waals surface area contributed by atoms with Crippen LogP contribution in [0.4, 0.5) is 5.82 Å². The molecule has 1 aromatic rings. The highest BCUT2D eigenvalue weighted by atomic mass is 16.5. The molecule has 1 aromatic heterocycles. The predicted octanol–water partition coefficient (Wildman–Crippen LogP) is 1.27. The number of methoxy groups -OCH3 is 1. The van der Waals surface area contributed by atoms with Gasteiger partial charge >= 0.3 is 0 Å². The van der Waals surface area contributed by atoms with Crippen molar-refractivity contribution in [2.24, 2.45) is 11.7 Å². The molecule has 90 valence electrons. The van der Waals surface area contributed by atoms with Crippen LogP contribution in [0.2, 0.25) is 0 Å². The van der Waals surface area contributed by atoms with E-state index >= 15 is 0 Å². The molecule has 0 aliphatic carbocycles. The normalized spacial score (nSPS) is 14.6. The summed E-state index contributed by atoms with van der Waals surface area (Å²) in [6.07, 6.45) is 1.47. The molecule has 0 aliphatic heterocycles. The Kier molecular flexibility index (Phi) is 4.06. The Morgan fingerprint density at radius 3 is 2.69 bits per heavy atom. The monoisotopic (exact) mass is 224 g/mol. The largest absolute Gasteiger partial charge is 0.481 e. The fourth-order valence-electron chi connectivity index (χ4n) is 1.24. The Morgan fingerprint density at radius 1 is 1.50 bits per heavy atom. The summed E-state index contributed by atoms with van der Waals surface area (Å²) in [5.74, 6) is 1.67. The number of rotatable bonds is 5. The fraction of sp³-hybridized carbons (Fsp3) is 0.636. The first-order chi connectivity index (χ1) is 7.51. The van der Waals surface area contributed by atoms with Crippen LogP contribution in [0.25, 0.3) is 0 Å². The molecule has 5 heteroatoms. The van der Waals surface area contributed by atoms with Gasteiger partial charge in [-0.3, -0.25) is 0 Å². The molecule has 0 amide bonds. The number of aromatic nitrogens is 2. The fourth-order valence-corrected chi connectivity index (χ4v) is 1.24. The van der Waals surface area contributed by atoms with Gasteiger partial charge in [-0.05, 0) is 12.8 Å². The summed E-state index contributed by atoms with van der Waals surface area (Å²) in [5, 5.41) is 3.32. The molecule has 1 rings (SSSR count). The van der Waals surface area contributed by atoms with Crippen molar-refractivity contribution < 1.29 is 4.74 Å². The van der Waals surface area contributed by atoms with E-state index in [9.17, 15) is 0 Å². The van der Waals surface area contributed by atoms with Gasteiger partial charge in [0.25, 0.3) is 0 Å². The van der Waals surface area contributed by atoms with Crippen molar-refractivity contribution in [3.63, 3.8) is 0 Å². The Hall–Kier alpha value is -1.36. The minimum absolute atomic E-state index is 0.181. The second-order valence-corrected chi connectivity index (χ2v) is 4.35. The molecular formula is C11H20N4O. The summed E-state index contributed by atoms with van der Waals surface area (Å²) in [6, 6.07) is 1.76. The molecule has 16 heavy (non-hydrogen) atoms. The number of nitrogens with one attached hydrogen (secondary N) is 1. The van der Waals surface area contributed by atoms with Gasteiger partial charge in [-0.2, -0.15) is 0 Å². The first kappa shape index (κ1) is 12.7. The first-order valence-corrected chi connectivity index (χ1v) is 5.36. The van der Waals surface area contributed by atoms with Crippen LogP contribution in [-0.4, -0.2) is 29.2 Å². The summed E-state index contributed by atoms with van der Waals surface area (Å²) in [4.78, 5) is 8.10. The lowest BCUT2D eigenvalue weighted by atomic mass is 9.88. The zero-order valence-corrected chi connectivity index (χ0v) is 10.3. The minimum atomic E-state index is -0.181. The van der Waals surface area contributed by atoms with E-state index < -0.39 is 0 Å². The molecule has 1 unspecified atom stereocenters. The van der Waals surface area contributed by atoms with E-state index in [4.69, 9.17) is 10.5 Å². The molecule has 0 fully saturated rings. The van der Waals surface area contributed by atoms with E-state index in [1.165, 1.54) is 6.33 Å².